The number of furan rings is 1. The molecule has 3 heterocycles. The number of hydrogen-bond acceptors (Lipinski definition) is 6. The van der Waals surface area contributed by atoms with Crippen LogP contribution in [-0.2, 0) is 6.54 Å². The highest BCUT2D eigenvalue weighted by Crippen LogP contribution is 2.32. The van der Waals surface area contributed by atoms with Gasteiger partial charge in [0.1, 0.15) is 11.6 Å². The minimum atomic E-state index is 0.561. The molecule has 1 N–H and O–H groups in total. The zero-order valence-corrected chi connectivity index (χ0v) is 14.5. The Morgan fingerprint density at radius 2 is 1.96 bits per heavy atom. The van der Waals surface area contributed by atoms with Gasteiger partial charge in [0.05, 0.1) is 38.9 Å². The molecule has 0 saturated heterocycles. The van der Waals surface area contributed by atoms with Gasteiger partial charge >= 0.3 is 0 Å². The number of nitrogens with one attached hydrogen (secondary N) is 1. The largest absolute Gasteiger partial charge is 0.493 e. The van der Waals surface area contributed by atoms with E-state index in [0.717, 1.165) is 28.5 Å². The van der Waals surface area contributed by atoms with Crippen molar-refractivity contribution in [3.05, 3.63) is 60.7 Å². The van der Waals surface area contributed by atoms with Crippen LogP contribution < -0.4 is 14.8 Å². The van der Waals surface area contributed by atoms with E-state index in [1.54, 1.807) is 31.2 Å². The van der Waals surface area contributed by atoms with Crippen LogP contribution >= 0.6 is 0 Å². The maximum atomic E-state index is 5.39. The van der Waals surface area contributed by atoms with E-state index < -0.39 is 0 Å². The van der Waals surface area contributed by atoms with E-state index in [9.17, 15) is 0 Å². The van der Waals surface area contributed by atoms with E-state index in [1.165, 1.54) is 0 Å². The molecule has 132 valence electrons. The SMILES string of the molecule is COc1ccc(-c2cnc3ccc(NCc4ccco4)nn23)cc1OC. The fraction of sp³-hybridized carbons (Fsp3) is 0.158. The molecule has 0 atom stereocenters. The third-order valence-corrected chi connectivity index (χ3v) is 4.07. The first-order valence-electron chi connectivity index (χ1n) is 8.12. The van der Waals surface area contributed by atoms with Crippen LogP contribution in [0.3, 0.4) is 0 Å². The number of imidazole rings is 1. The molecule has 0 aliphatic heterocycles. The number of aromatic nitrogens is 3. The summed E-state index contributed by atoms with van der Waals surface area (Å²) in [6, 6.07) is 13.3. The van der Waals surface area contributed by atoms with Crippen LogP contribution in [0.1, 0.15) is 5.76 Å². The predicted molar refractivity (Wildman–Crippen MR) is 97.6 cm³/mol. The molecule has 3 aromatic heterocycles. The Hall–Kier alpha value is -3.48. The Morgan fingerprint density at radius 3 is 2.73 bits per heavy atom. The van der Waals surface area contributed by atoms with Crippen LogP contribution in [0.4, 0.5) is 5.82 Å². The number of methoxy groups -OCH3 is 2. The summed E-state index contributed by atoms with van der Waals surface area (Å²) in [5, 5.41) is 7.89. The minimum Gasteiger partial charge on any atom is -0.493 e. The summed E-state index contributed by atoms with van der Waals surface area (Å²) in [4.78, 5) is 4.43. The van der Waals surface area contributed by atoms with Gasteiger partial charge in [0.2, 0.25) is 0 Å². The van der Waals surface area contributed by atoms with Crippen molar-refractivity contribution in [2.24, 2.45) is 0 Å². The van der Waals surface area contributed by atoms with Crippen LogP contribution in [0.2, 0.25) is 0 Å². The number of rotatable bonds is 6. The summed E-state index contributed by atoms with van der Waals surface area (Å²) in [5.41, 5.74) is 2.56. The number of benzene rings is 1. The number of fused-ring (bicyclic) bond motifs is 1. The summed E-state index contributed by atoms with van der Waals surface area (Å²) in [7, 11) is 3.23. The molecule has 0 aliphatic rings. The van der Waals surface area contributed by atoms with Crippen LogP contribution in [-0.4, -0.2) is 28.8 Å². The summed E-state index contributed by atoms with van der Waals surface area (Å²) >= 11 is 0. The zero-order valence-electron chi connectivity index (χ0n) is 14.5. The van der Waals surface area contributed by atoms with Crippen molar-refractivity contribution < 1.29 is 13.9 Å². The summed E-state index contributed by atoms with van der Waals surface area (Å²) in [6.07, 6.45) is 3.44. The molecule has 0 unspecified atom stereocenters. The van der Waals surface area contributed by atoms with E-state index in [-0.39, 0.29) is 0 Å². The topological polar surface area (TPSA) is 73.8 Å². The molecule has 0 saturated carbocycles. The normalized spacial score (nSPS) is 10.8. The highest BCUT2D eigenvalue weighted by Gasteiger charge is 2.11. The summed E-state index contributed by atoms with van der Waals surface area (Å²) in [6.45, 7) is 0.561. The number of nitrogens with zero attached hydrogens (tertiary/aromatic N) is 3. The maximum absolute atomic E-state index is 5.39. The number of hydrogen-bond donors (Lipinski definition) is 1. The minimum absolute atomic E-state index is 0.561. The molecular weight excluding hydrogens is 332 g/mol. The van der Waals surface area contributed by atoms with Gasteiger partial charge in [-0.25, -0.2) is 9.50 Å². The van der Waals surface area contributed by atoms with Gasteiger partial charge < -0.3 is 19.2 Å². The zero-order chi connectivity index (χ0) is 17.9. The molecule has 1 aromatic carbocycles. The quantitative estimate of drug-likeness (QED) is 0.572. The van der Waals surface area contributed by atoms with Gasteiger partial charge in [-0.1, -0.05) is 0 Å². The lowest BCUT2D eigenvalue weighted by atomic mass is 10.1. The van der Waals surface area contributed by atoms with E-state index in [2.05, 4.69) is 15.4 Å². The van der Waals surface area contributed by atoms with Gasteiger partial charge in [-0.2, -0.15) is 0 Å². The van der Waals surface area contributed by atoms with Gasteiger partial charge in [0.15, 0.2) is 17.1 Å². The smallest absolute Gasteiger partial charge is 0.161 e. The van der Waals surface area contributed by atoms with Crippen molar-refractivity contribution in [3.8, 4) is 22.8 Å². The standard InChI is InChI=1S/C19H18N4O3/c1-24-16-6-5-13(10-17(16)25-2)15-12-21-19-8-7-18(22-23(15)19)20-11-14-4-3-9-26-14/h3-10,12H,11H2,1-2H3,(H,20,22). The van der Waals surface area contributed by atoms with Gasteiger partial charge in [-0.15, -0.1) is 5.10 Å². The molecule has 26 heavy (non-hydrogen) atoms. The highest BCUT2D eigenvalue weighted by atomic mass is 16.5. The lowest BCUT2D eigenvalue weighted by Crippen LogP contribution is -2.04. The maximum Gasteiger partial charge on any atom is 0.161 e. The van der Waals surface area contributed by atoms with Crippen molar-refractivity contribution in [1.29, 1.82) is 0 Å². The summed E-state index contributed by atoms with van der Waals surface area (Å²) < 4.78 is 17.8. The van der Waals surface area contributed by atoms with Crippen molar-refractivity contribution >= 4 is 11.5 Å². The Labute approximate surface area is 150 Å². The fourth-order valence-electron chi connectivity index (χ4n) is 2.75. The van der Waals surface area contributed by atoms with E-state index in [0.29, 0.717) is 18.0 Å². The van der Waals surface area contributed by atoms with Crippen LogP contribution in [0.5, 0.6) is 11.5 Å². The van der Waals surface area contributed by atoms with Crippen molar-refractivity contribution in [2.75, 3.05) is 19.5 Å². The molecule has 0 radical (unpaired) electrons. The van der Waals surface area contributed by atoms with Crippen molar-refractivity contribution in [3.63, 3.8) is 0 Å². The number of ether oxygens (including phenoxy) is 2. The number of anilines is 1. The first-order chi connectivity index (χ1) is 12.8. The molecule has 0 spiro atoms. The van der Waals surface area contributed by atoms with Gasteiger partial charge in [-0.05, 0) is 42.5 Å². The molecule has 0 fully saturated rings. The van der Waals surface area contributed by atoms with Crippen LogP contribution in [0.15, 0.2) is 59.3 Å². The van der Waals surface area contributed by atoms with E-state index in [1.807, 2.05) is 42.5 Å². The molecule has 4 rings (SSSR count). The lowest BCUT2D eigenvalue weighted by molar-refractivity contribution is 0.355. The third-order valence-electron chi connectivity index (χ3n) is 4.07. The van der Waals surface area contributed by atoms with Crippen LogP contribution in [0.25, 0.3) is 16.9 Å². The Morgan fingerprint density at radius 1 is 1.08 bits per heavy atom. The predicted octanol–water partition coefficient (Wildman–Crippen LogP) is 3.62. The summed E-state index contributed by atoms with van der Waals surface area (Å²) in [5.74, 6) is 2.91. The van der Waals surface area contributed by atoms with Crippen LogP contribution in [0, 0.1) is 0 Å². The lowest BCUT2D eigenvalue weighted by Gasteiger charge is -2.10. The molecular formula is C19H18N4O3. The van der Waals surface area contributed by atoms with E-state index >= 15 is 0 Å². The second-order valence-electron chi connectivity index (χ2n) is 5.63. The first kappa shape index (κ1) is 16.0. The Balaban J connectivity index is 1.68. The molecule has 0 amide bonds. The molecule has 7 heteroatoms. The fourth-order valence-corrected chi connectivity index (χ4v) is 2.75. The second-order valence-corrected chi connectivity index (χ2v) is 5.63. The second kappa shape index (κ2) is 6.79. The Bertz CT molecular complexity index is 1020. The third kappa shape index (κ3) is 2.95. The molecule has 0 aliphatic carbocycles. The van der Waals surface area contributed by atoms with Gasteiger partial charge in [0, 0.05) is 5.56 Å². The van der Waals surface area contributed by atoms with Crippen molar-refractivity contribution in [1.82, 2.24) is 14.6 Å². The average Bonchev–Trinajstić information content (AvgIpc) is 3.35. The average molecular weight is 350 g/mol. The highest BCUT2D eigenvalue weighted by molar-refractivity contribution is 5.67. The molecule has 0 bridgehead atoms. The van der Waals surface area contributed by atoms with Gasteiger partial charge in [0.25, 0.3) is 0 Å². The van der Waals surface area contributed by atoms with E-state index in [4.69, 9.17) is 13.9 Å². The monoisotopic (exact) mass is 350 g/mol. The van der Waals surface area contributed by atoms with Gasteiger partial charge in [-0.3, -0.25) is 0 Å². The Kier molecular flexibility index (Phi) is 4.18. The molecule has 4 aromatic rings. The first-order valence-corrected chi connectivity index (χ1v) is 8.12. The molecule has 7 nitrogen and oxygen atoms in total. The van der Waals surface area contributed by atoms with Crippen molar-refractivity contribution in [2.45, 2.75) is 6.54 Å².